The van der Waals surface area contributed by atoms with Crippen molar-refractivity contribution in [3.05, 3.63) is 24.0 Å². The van der Waals surface area contributed by atoms with Gasteiger partial charge in [-0.2, -0.15) is 0 Å². The molecule has 0 bridgehead atoms. The van der Waals surface area contributed by atoms with E-state index in [9.17, 15) is 0 Å². The second kappa shape index (κ2) is 6.48. The average molecular weight is 222 g/mol. The highest BCUT2D eigenvalue weighted by Crippen LogP contribution is 2.17. The van der Waals surface area contributed by atoms with Crippen molar-refractivity contribution in [2.75, 3.05) is 13.7 Å². The van der Waals surface area contributed by atoms with E-state index in [2.05, 4.69) is 31.1 Å². The van der Waals surface area contributed by atoms with Crippen LogP contribution < -0.4 is 10.1 Å². The Morgan fingerprint density at radius 1 is 1.38 bits per heavy atom. The first-order valence-corrected chi connectivity index (χ1v) is 5.93. The average Bonchev–Trinajstić information content (AvgIpc) is 2.29. The summed E-state index contributed by atoms with van der Waals surface area (Å²) in [6.45, 7) is 7.15. The summed E-state index contributed by atoms with van der Waals surface area (Å²) < 4.78 is 5.59. The zero-order chi connectivity index (χ0) is 12.0. The molecule has 0 spiro atoms. The molecule has 0 radical (unpaired) electrons. The number of rotatable bonds is 6. The van der Waals surface area contributed by atoms with Crippen LogP contribution in [0, 0.1) is 5.92 Å². The Labute approximate surface area is 98.2 Å². The molecule has 0 saturated carbocycles. The summed E-state index contributed by atoms with van der Waals surface area (Å²) in [4.78, 5) is 4.41. The third-order valence-corrected chi connectivity index (χ3v) is 2.46. The fraction of sp³-hybridized carbons (Fsp3) is 0.615. The van der Waals surface area contributed by atoms with Crippen LogP contribution in [0.1, 0.15) is 38.9 Å². The Bertz CT molecular complexity index is 291. The molecule has 1 aromatic heterocycles. The Hall–Kier alpha value is -1.09. The van der Waals surface area contributed by atoms with Crippen molar-refractivity contribution >= 4 is 0 Å². The van der Waals surface area contributed by atoms with E-state index in [-0.39, 0.29) is 0 Å². The maximum Gasteiger partial charge on any atom is 0.137 e. The summed E-state index contributed by atoms with van der Waals surface area (Å²) in [5, 5.41) is 3.23. The lowest BCUT2D eigenvalue weighted by Gasteiger charge is -2.14. The van der Waals surface area contributed by atoms with Gasteiger partial charge in [-0.25, -0.2) is 0 Å². The van der Waals surface area contributed by atoms with Gasteiger partial charge in [0, 0.05) is 6.04 Å². The summed E-state index contributed by atoms with van der Waals surface area (Å²) in [5.74, 6) is 1.39. The van der Waals surface area contributed by atoms with Gasteiger partial charge in [0.05, 0.1) is 18.5 Å². The van der Waals surface area contributed by atoms with Crippen molar-refractivity contribution in [2.24, 2.45) is 5.92 Å². The van der Waals surface area contributed by atoms with Crippen LogP contribution in [0.2, 0.25) is 0 Å². The first-order valence-electron chi connectivity index (χ1n) is 5.93. The summed E-state index contributed by atoms with van der Waals surface area (Å²) in [6, 6.07) is 4.35. The topological polar surface area (TPSA) is 34.1 Å². The highest BCUT2D eigenvalue weighted by atomic mass is 16.5. The number of pyridine rings is 1. The molecule has 1 aromatic rings. The second-order valence-corrected chi connectivity index (χ2v) is 4.37. The lowest BCUT2D eigenvalue weighted by molar-refractivity contribution is 0.270. The molecule has 0 aliphatic rings. The summed E-state index contributed by atoms with van der Waals surface area (Å²) in [6.07, 6.45) is 2.84. The van der Waals surface area contributed by atoms with Crippen LogP contribution in [0.25, 0.3) is 0 Å². The van der Waals surface area contributed by atoms with E-state index in [0.717, 1.165) is 24.5 Å². The second-order valence-electron chi connectivity index (χ2n) is 4.37. The molecule has 90 valence electrons. The monoisotopic (exact) mass is 222 g/mol. The number of ether oxygens (including phenoxy) is 1. The van der Waals surface area contributed by atoms with Crippen molar-refractivity contribution < 1.29 is 4.74 Å². The fourth-order valence-electron chi connectivity index (χ4n) is 1.51. The minimum absolute atomic E-state index is 0.333. The summed E-state index contributed by atoms with van der Waals surface area (Å²) in [5.41, 5.74) is 1.07. The van der Waals surface area contributed by atoms with Crippen molar-refractivity contribution in [3.8, 4) is 5.75 Å². The van der Waals surface area contributed by atoms with Crippen LogP contribution in [-0.2, 0) is 0 Å². The first kappa shape index (κ1) is 13.0. The molecule has 3 heteroatoms. The van der Waals surface area contributed by atoms with Gasteiger partial charge < -0.3 is 10.1 Å². The van der Waals surface area contributed by atoms with Gasteiger partial charge in [0.25, 0.3) is 0 Å². The molecule has 0 saturated heterocycles. The molecule has 0 fully saturated rings. The number of nitrogens with zero attached hydrogens (tertiary/aromatic N) is 1. The highest BCUT2D eigenvalue weighted by molar-refractivity contribution is 5.21. The molecule has 16 heavy (non-hydrogen) atoms. The van der Waals surface area contributed by atoms with Gasteiger partial charge in [-0.3, -0.25) is 4.98 Å². The highest BCUT2D eigenvalue weighted by Gasteiger charge is 2.07. The largest absolute Gasteiger partial charge is 0.492 e. The molecule has 1 atom stereocenters. The van der Waals surface area contributed by atoms with E-state index in [0.29, 0.717) is 12.0 Å². The smallest absolute Gasteiger partial charge is 0.137 e. The van der Waals surface area contributed by atoms with Crippen LogP contribution in [0.5, 0.6) is 5.75 Å². The third-order valence-electron chi connectivity index (χ3n) is 2.46. The quantitative estimate of drug-likeness (QED) is 0.803. The van der Waals surface area contributed by atoms with Crippen LogP contribution >= 0.6 is 0 Å². The third kappa shape index (κ3) is 3.81. The maximum absolute atomic E-state index is 5.59. The van der Waals surface area contributed by atoms with E-state index in [1.54, 1.807) is 6.20 Å². The predicted molar refractivity (Wildman–Crippen MR) is 66.7 cm³/mol. The van der Waals surface area contributed by atoms with Crippen molar-refractivity contribution in [2.45, 2.75) is 33.2 Å². The van der Waals surface area contributed by atoms with Crippen molar-refractivity contribution in [1.29, 1.82) is 0 Å². The Morgan fingerprint density at radius 3 is 2.56 bits per heavy atom. The molecule has 0 aromatic carbocycles. The Balaban J connectivity index is 2.60. The molecule has 0 aliphatic carbocycles. The van der Waals surface area contributed by atoms with E-state index in [1.807, 2.05) is 19.2 Å². The summed E-state index contributed by atoms with van der Waals surface area (Å²) in [7, 11) is 1.96. The first-order chi connectivity index (χ1) is 7.67. The summed E-state index contributed by atoms with van der Waals surface area (Å²) >= 11 is 0. The van der Waals surface area contributed by atoms with Crippen LogP contribution in [0.3, 0.4) is 0 Å². The molecule has 0 amide bonds. The lowest BCUT2D eigenvalue weighted by Crippen LogP contribution is -2.16. The molecule has 3 nitrogen and oxygen atoms in total. The lowest BCUT2D eigenvalue weighted by atomic mass is 10.1. The number of hydrogen-bond donors (Lipinski definition) is 1. The SMILES string of the molecule is CCC(NC)c1ccc(OCC(C)C)cn1. The van der Waals surface area contributed by atoms with E-state index in [1.165, 1.54) is 0 Å². The van der Waals surface area contributed by atoms with Gasteiger partial charge in [-0.15, -0.1) is 0 Å². The Morgan fingerprint density at radius 2 is 2.12 bits per heavy atom. The van der Waals surface area contributed by atoms with Crippen LogP contribution in [-0.4, -0.2) is 18.6 Å². The van der Waals surface area contributed by atoms with E-state index >= 15 is 0 Å². The van der Waals surface area contributed by atoms with Gasteiger partial charge in [-0.1, -0.05) is 20.8 Å². The maximum atomic E-state index is 5.59. The molecular weight excluding hydrogens is 200 g/mol. The molecule has 1 heterocycles. The number of nitrogens with one attached hydrogen (secondary N) is 1. The van der Waals surface area contributed by atoms with Gasteiger partial charge in [-0.05, 0) is 31.5 Å². The number of hydrogen-bond acceptors (Lipinski definition) is 3. The van der Waals surface area contributed by atoms with Crippen molar-refractivity contribution in [3.63, 3.8) is 0 Å². The molecule has 0 aliphatic heterocycles. The molecular formula is C13H22N2O. The van der Waals surface area contributed by atoms with Crippen LogP contribution in [0.15, 0.2) is 18.3 Å². The zero-order valence-electron chi connectivity index (χ0n) is 10.7. The van der Waals surface area contributed by atoms with Gasteiger partial charge >= 0.3 is 0 Å². The molecule has 1 unspecified atom stereocenters. The number of aromatic nitrogens is 1. The standard InChI is InChI=1S/C13H22N2O/c1-5-12(14-4)13-7-6-11(8-15-13)16-9-10(2)3/h6-8,10,12,14H,5,9H2,1-4H3. The van der Waals surface area contributed by atoms with E-state index in [4.69, 9.17) is 4.74 Å². The fourth-order valence-corrected chi connectivity index (χ4v) is 1.51. The van der Waals surface area contributed by atoms with Crippen LogP contribution in [0.4, 0.5) is 0 Å². The van der Waals surface area contributed by atoms with Gasteiger partial charge in [0.1, 0.15) is 5.75 Å². The van der Waals surface area contributed by atoms with Gasteiger partial charge in [0.15, 0.2) is 0 Å². The van der Waals surface area contributed by atoms with E-state index < -0.39 is 0 Å². The molecule has 1 rings (SSSR count). The predicted octanol–water partition coefficient (Wildman–Crippen LogP) is 2.79. The van der Waals surface area contributed by atoms with Crippen molar-refractivity contribution in [1.82, 2.24) is 10.3 Å². The minimum Gasteiger partial charge on any atom is -0.492 e. The normalized spacial score (nSPS) is 12.8. The minimum atomic E-state index is 0.333. The molecule has 1 N–H and O–H groups in total. The van der Waals surface area contributed by atoms with Gasteiger partial charge in [0.2, 0.25) is 0 Å². The Kier molecular flexibility index (Phi) is 5.26. The zero-order valence-corrected chi connectivity index (χ0v) is 10.7.